The predicted octanol–water partition coefficient (Wildman–Crippen LogP) is 4.36. The molecular weight excluding hydrogens is 498 g/mol. The van der Waals surface area contributed by atoms with Crippen molar-refractivity contribution in [2.24, 2.45) is 0 Å². The molecular formula is C29H33N5O3S. The Labute approximate surface area is 226 Å². The van der Waals surface area contributed by atoms with Crippen molar-refractivity contribution in [2.45, 2.75) is 56.6 Å². The van der Waals surface area contributed by atoms with Crippen LogP contribution < -0.4 is 9.46 Å². The van der Waals surface area contributed by atoms with E-state index in [9.17, 15) is 9.35 Å². The van der Waals surface area contributed by atoms with Crippen molar-refractivity contribution in [3.8, 4) is 17.1 Å². The lowest BCUT2D eigenvalue weighted by atomic mass is 10.00. The lowest BCUT2D eigenvalue weighted by Gasteiger charge is -2.29. The molecule has 3 aliphatic rings. The number of benzene rings is 2. The summed E-state index contributed by atoms with van der Waals surface area (Å²) in [6.07, 6.45) is 4.61. The van der Waals surface area contributed by atoms with Crippen molar-refractivity contribution in [3.63, 3.8) is 0 Å². The van der Waals surface area contributed by atoms with E-state index < -0.39 is 11.4 Å². The number of carbonyl (C=O) groups excluding carboxylic acids is 1. The van der Waals surface area contributed by atoms with Gasteiger partial charge < -0.3 is 14.2 Å². The molecule has 1 aliphatic carbocycles. The third-order valence-electron chi connectivity index (χ3n) is 7.85. The summed E-state index contributed by atoms with van der Waals surface area (Å²) < 4.78 is 22.8. The molecule has 1 amide bonds. The fourth-order valence-electron chi connectivity index (χ4n) is 5.97. The highest BCUT2D eigenvalue weighted by Crippen LogP contribution is 2.31. The summed E-state index contributed by atoms with van der Waals surface area (Å²) in [5, 5.41) is 0. The molecule has 6 bridgehead atoms. The van der Waals surface area contributed by atoms with Crippen LogP contribution in [0, 0.1) is 13.8 Å². The van der Waals surface area contributed by atoms with E-state index in [1.165, 1.54) is 25.7 Å². The minimum atomic E-state index is -1.66. The Morgan fingerprint density at radius 3 is 2.55 bits per heavy atom. The maximum absolute atomic E-state index is 13.6. The topological polar surface area (TPSA) is 93.6 Å². The Bertz CT molecular complexity index is 1330. The normalized spacial score (nSPS) is 22.5. The van der Waals surface area contributed by atoms with Gasteiger partial charge in [0.05, 0.1) is 12.2 Å². The Morgan fingerprint density at radius 1 is 1.00 bits per heavy atom. The highest BCUT2D eigenvalue weighted by Gasteiger charge is 2.33. The Hall–Kier alpha value is -3.14. The van der Waals surface area contributed by atoms with E-state index in [-0.39, 0.29) is 18.0 Å². The third-order valence-corrected chi connectivity index (χ3v) is 8.90. The first kappa shape index (κ1) is 25.2. The van der Waals surface area contributed by atoms with Gasteiger partial charge in [-0.2, -0.15) is 9.71 Å². The van der Waals surface area contributed by atoms with Gasteiger partial charge >= 0.3 is 0 Å². The molecule has 3 heterocycles. The number of carbonyl (C=O) groups is 1. The summed E-state index contributed by atoms with van der Waals surface area (Å²) in [5.74, 6) is 0.570. The zero-order chi connectivity index (χ0) is 26.2. The van der Waals surface area contributed by atoms with E-state index in [1.807, 2.05) is 17.0 Å². The molecule has 1 saturated heterocycles. The number of hydrogen-bond acceptors (Lipinski definition) is 7. The minimum Gasteiger partial charge on any atom is -0.588 e. The summed E-state index contributed by atoms with van der Waals surface area (Å²) in [6.45, 7) is 6.74. The molecule has 2 aliphatic heterocycles. The van der Waals surface area contributed by atoms with E-state index in [4.69, 9.17) is 9.72 Å². The van der Waals surface area contributed by atoms with Crippen molar-refractivity contribution in [3.05, 3.63) is 65.2 Å². The maximum Gasteiger partial charge on any atom is 0.269 e. The second kappa shape index (κ2) is 10.6. The molecule has 2 fully saturated rings. The summed E-state index contributed by atoms with van der Waals surface area (Å²) in [4.78, 5) is 27.9. The number of amides is 1. The molecule has 1 saturated carbocycles. The van der Waals surface area contributed by atoms with Crippen LogP contribution in [0.2, 0.25) is 0 Å². The van der Waals surface area contributed by atoms with Crippen molar-refractivity contribution in [1.29, 1.82) is 0 Å². The van der Waals surface area contributed by atoms with Gasteiger partial charge in [-0.05, 0) is 49.9 Å². The smallest absolute Gasteiger partial charge is 0.269 e. The van der Waals surface area contributed by atoms with Gasteiger partial charge in [-0.3, -0.25) is 9.69 Å². The van der Waals surface area contributed by atoms with Crippen molar-refractivity contribution in [2.75, 3.05) is 30.9 Å². The highest BCUT2D eigenvalue weighted by molar-refractivity contribution is 7.92. The number of fused-ring (bicyclic) bond motifs is 6. The molecule has 1 aromatic heterocycles. The lowest BCUT2D eigenvalue weighted by molar-refractivity contribution is 0.0687. The fraction of sp³-hybridized carbons (Fsp3) is 0.414. The van der Waals surface area contributed by atoms with Crippen LogP contribution in [0.5, 0.6) is 5.88 Å². The van der Waals surface area contributed by atoms with Gasteiger partial charge in [-0.25, -0.2) is 4.98 Å². The van der Waals surface area contributed by atoms with Gasteiger partial charge in [0, 0.05) is 48.9 Å². The molecule has 2 atom stereocenters. The molecule has 198 valence electrons. The molecule has 0 spiro atoms. The number of rotatable bonds is 2. The molecule has 1 unspecified atom stereocenters. The van der Waals surface area contributed by atoms with Gasteiger partial charge in [0.1, 0.15) is 17.5 Å². The summed E-state index contributed by atoms with van der Waals surface area (Å²) in [7, 11) is 0. The summed E-state index contributed by atoms with van der Waals surface area (Å²) >= 11 is -1.66. The predicted molar refractivity (Wildman–Crippen MR) is 148 cm³/mol. The van der Waals surface area contributed by atoms with Gasteiger partial charge in [0.2, 0.25) is 5.88 Å². The van der Waals surface area contributed by atoms with Crippen LogP contribution >= 0.6 is 0 Å². The molecule has 1 N–H and O–H groups in total. The first-order chi connectivity index (χ1) is 18.4. The number of anilines is 1. The summed E-state index contributed by atoms with van der Waals surface area (Å²) in [5.41, 5.74) is 4.42. The van der Waals surface area contributed by atoms with Crippen LogP contribution in [0.25, 0.3) is 11.3 Å². The van der Waals surface area contributed by atoms with Gasteiger partial charge in [-0.15, -0.1) is 0 Å². The average Bonchev–Trinajstić information content (AvgIpc) is 3.36. The lowest BCUT2D eigenvalue weighted by Crippen LogP contribution is -2.42. The zero-order valence-electron chi connectivity index (χ0n) is 21.9. The first-order valence-corrected chi connectivity index (χ1v) is 14.5. The molecule has 2 aromatic carbocycles. The van der Waals surface area contributed by atoms with Crippen LogP contribution in [0.4, 0.5) is 5.95 Å². The largest absolute Gasteiger partial charge is 0.588 e. The first-order valence-electron chi connectivity index (χ1n) is 13.4. The van der Waals surface area contributed by atoms with Crippen LogP contribution in [0.15, 0.2) is 53.4 Å². The standard InChI is InChI=1S/C29H33N5O3S/c1-19-7-5-8-20(2)27(19)25-16-26-31-29(30-25)32-38(36)24-12-6-9-21(15-24)28(35)34-14-13-33(17-23(18-34)37-26)22-10-3-4-11-22/h5-9,12,15-16,22-23H,3-4,10-11,13-14,17-18H2,1-2H3,(H,30,31,32)/t23-,38?/m1/s1. The number of ether oxygens (including phenoxy) is 1. The molecule has 3 aromatic rings. The molecule has 38 heavy (non-hydrogen) atoms. The van der Waals surface area contributed by atoms with E-state index >= 15 is 0 Å². The highest BCUT2D eigenvalue weighted by atomic mass is 32.2. The van der Waals surface area contributed by atoms with Crippen LogP contribution in [-0.2, 0) is 11.4 Å². The Kier molecular flexibility index (Phi) is 6.99. The number of aromatic nitrogens is 2. The molecule has 9 heteroatoms. The fourth-order valence-corrected chi connectivity index (χ4v) is 6.79. The van der Waals surface area contributed by atoms with Crippen LogP contribution in [-0.4, -0.2) is 68.6 Å². The van der Waals surface area contributed by atoms with E-state index in [2.05, 4.69) is 40.6 Å². The van der Waals surface area contributed by atoms with E-state index in [0.717, 1.165) is 29.8 Å². The van der Waals surface area contributed by atoms with E-state index in [1.54, 1.807) is 24.3 Å². The summed E-state index contributed by atoms with van der Waals surface area (Å²) in [6, 6.07) is 15.5. The number of hydrogen-bond donors (Lipinski definition) is 1. The van der Waals surface area contributed by atoms with Crippen molar-refractivity contribution < 1.29 is 14.1 Å². The number of aryl methyl sites for hydroxylation is 2. The second-order valence-corrected chi connectivity index (χ2v) is 11.7. The van der Waals surface area contributed by atoms with Gasteiger partial charge in [0.15, 0.2) is 4.90 Å². The maximum atomic E-state index is 13.6. The van der Waals surface area contributed by atoms with Gasteiger partial charge in [-0.1, -0.05) is 37.1 Å². The SMILES string of the molecule is Cc1cccc(C)c1-c1cc2nc(n1)N[S+]([O-])c1cccc(c1)C(=O)N1CCN(C3CCCC3)C[C@H](C1)O2. The van der Waals surface area contributed by atoms with Crippen molar-refractivity contribution in [1.82, 2.24) is 19.8 Å². The van der Waals surface area contributed by atoms with Crippen molar-refractivity contribution >= 4 is 23.2 Å². The Balaban J connectivity index is 1.45. The number of nitrogens with zero attached hydrogens (tertiary/aromatic N) is 4. The Morgan fingerprint density at radius 2 is 1.76 bits per heavy atom. The molecule has 8 nitrogen and oxygen atoms in total. The zero-order valence-corrected chi connectivity index (χ0v) is 22.7. The molecule has 6 rings (SSSR count). The van der Waals surface area contributed by atoms with Crippen LogP contribution in [0.1, 0.15) is 47.2 Å². The minimum absolute atomic E-state index is 0.0704. The molecule has 0 radical (unpaired) electrons. The monoisotopic (exact) mass is 531 g/mol. The van der Waals surface area contributed by atoms with Gasteiger partial charge in [0.25, 0.3) is 11.9 Å². The average molecular weight is 532 g/mol. The number of nitrogens with one attached hydrogen (secondary N) is 1. The second-order valence-electron chi connectivity index (χ2n) is 10.5. The quantitative estimate of drug-likeness (QED) is 0.491. The third kappa shape index (κ3) is 5.10. The van der Waals surface area contributed by atoms with Crippen LogP contribution in [0.3, 0.4) is 0 Å². The van der Waals surface area contributed by atoms with E-state index in [0.29, 0.717) is 41.2 Å².